The summed E-state index contributed by atoms with van der Waals surface area (Å²) >= 11 is 5.99. The van der Waals surface area contributed by atoms with Gasteiger partial charge in [-0.25, -0.2) is 0 Å². The number of hydrogen-bond donors (Lipinski definition) is 2. The number of aliphatic hydroxyl groups is 1. The van der Waals surface area contributed by atoms with Gasteiger partial charge in [0.05, 0.1) is 12.7 Å². The molecule has 0 aliphatic heterocycles. The zero-order valence-corrected chi connectivity index (χ0v) is 14.7. The largest absolute Gasteiger partial charge is 0.494 e. The normalized spacial score (nSPS) is 18.0. The third kappa shape index (κ3) is 4.29. The molecule has 4 heteroatoms. The van der Waals surface area contributed by atoms with E-state index >= 15 is 0 Å². The van der Waals surface area contributed by atoms with Crippen LogP contribution in [0.15, 0.2) is 42.5 Å². The number of aliphatic hydroxyl groups excluding tert-OH is 1. The van der Waals surface area contributed by atoms with Crippen LogP contribution in [0.5, 0.6) is 5.75 Å². The summed E-state index contributed by atoms with van der Waals surface area (Å²) in [5.74, 6) is 0.941. The van der Waals surface area contributed by atoms with E-state index in [9.17, 15) is 5.11 Å². The summed E-state index contributed by atoms with van der Waals surface area (Å²) in [6, 6.07) is 14.2. The van der Waals surface area contributed by atoms with E-state index in [1.807, 2.05) is 31.2 Å². The first kappa shape index (κ1) is 17.3. The minimum Gasteiger partial charge on any atom is -0.494 e. The molecule has 0 bridgehead atoms. The molecule has 0 radical (unpaired) electrons. The zero-order chi connectivity index (χ0) is 16.9. The average molecular weight is 346 g/mol. The van der Waals surface area contributed by atoms with E-state index in [0.717, 1.165) is 30.6 Å². The van der Waals surface area contributed by atoms with Gasteiger partial charge in [0.1, 0.15) is 5.75 Å². The van der Waals surface area contributed by atoms with E-state index < -0.39 is 6.10 Å². The first-order valence-electron chi connectivity index (χ1n) is 8.57. The maximum Gasteiger partial charge on any atom is 0.119 e. The monoisotopic (exact) mass is 345 g/mol. The fourth-order valence-corrected chi connectivity index (χ4v) is 3.47. The summed E-state index contributed by atoms with van der Waals surface area (Å²) in [5, 5.41) is 14.5. The Balaban J connectivity index is 1.58. The maximum absolute atomic E-state index is 10.3. The molecule has 0 heterocycles. The first-order chi connectivity index (χ1) is 11.7. The Morgan fingerprint density at radius 1 is 1.25 bits per heavy atom. The fraction of sp³-hybridized carbons (Fsp3) is 0.400. The van der Waals surface area contributed by atoms with E-state index in [1.165, 1.54) is 11.1 Å². The second-order valence-electron chi connectivity index (χ2n) is 6.28. The van der Waals surface area contributed by atoms with Gasteiger partial charge in [-0.15, -0.1) is 0 Å². The van der Waals surface area contributed by atoms with Gasteiger partial charge in [0, 0.05) is 17.6 Å². The van der Waals surface area contributed by atoms with Crippen LogP contribution in [0.4, 0.5) is 0 Å². The number of halogens is 1. The van der Waals surface area contributed by atoms with Gasteiger partial charge in [0.2, 0.25) is 0 Å². The van der Waals surface area contributed by atoms with Crippen molar-refractivity contribution in [2.24, 2.45) is 0 Å². The van der Waals surface area contributed by atoms with Crippen LogP contribution in [0.25, 0.3) is 0 Å². The second-order valence-corrected chi connectivity index (χ2v) is 6.72. The number of ether oxygens (including phenoxy) is 1. The molecule has 1 aliphatic rings. The zero-order valence-electron chi connectivity index (χ0n) is 14.0. The van der Waals surface area contributed by atoms with Gasteiger partial charge < -0.3 is 15.2 Å². The molecular weight excluding hydrogens is 322 g/mol. The van der Waals surface area contributed by atoms with Crippen molar-refractivity contribution in [2.75, 3.05) is 13.2 Å². The molecule has 0 spiro atoms. The van der Waals surface area contributed by atoms with Gasteiger partial charge in [0.15, 0.2) is 0 Å². The summed E-state index contributed by atoms with van der Waals surface area (Å²) in [5.41, 5.74) is 3.61. The molecule has 0 aromatic heterocycles. The third-order valence-electron chi connectivity index (χ3n) is 4.55. The van der Waals surface area contributed by atoms with Gasteiger partial charge in [-0.1, -0.05) is 29.8 Å². The van der Waals surface area contributed by atoms with E-state index in [2.05, 4.69) is 23.5 Å². The standard InChI is InChI=1S/C20H24ClNO2/c1-2-24-19-9-7-14-6-8-18(11-16(14)12-19)22-13-20(23)15-4-3-5-17(21)10-15/h3-5,7,9-10,12,18,20,22-23H,2,6,8,11,13H2,1H3. The lowest BCUT2D eigenvalue weighted by Gasteiger charge is -2.27. The van der Waals surface area contributed by atoms with Gasteiger partial charge in [0.25, 0.3) is 0 Å². The molecule has 2 N–H and O–H groups in total. The molecule has 3 nitrogen and oxygen atoms in total. The van der Waals surface area contributed by atoms with Crippen LogP contribution >= 0.6 is 11.6 Å². The summed E-state index contributed by atoms with van der Waals surface area (Å²) in [7, 11) is 0. The number of fused-ring (bicyclic) bond motifs is 1. The van der Waals surface area contributed by atoms with Crippen molar-refractivity contribution >= 4 is 11.6 Å². The van der Waals surface area contributed by atoms with Crippen molar-refractivity contribution in [3.8, 4) is 5.75 Å². The maximum atomic E-state index is 10.3. The molecule has 0 fully saturated rings. The molecule has 0 saturated carbocycles. The van der Waals surface area contributed by atoms with Gasteiger partial charge in [-0.05, 0) is 67.1 Å². The van der Waals surface area contributed by atoms with Gasteiger partial charge in [-0.2, -0.15) is 0 Å². The molecule has 1 aliphatic carbocycles. The highest BCUT2D eigenvalue weighted by molar-refractivity contribution is 6.30. The molecule has 2 unspecified atom stereocenters. The van der Waals surface area contributed by atoms with Crippen molar-refractivity contribution < 1.29 is 9.84 Å². The highest BCUT2D eigenvalue weighted by Crippen LogP contribution is 2.26. The summed E-state index contributed by atoms with van der Waals surface area (Å²) < 4.78 is 5.60. The van der Waals surface area contributed by atoms with Crippen molar-refractivity contribution in [1.82, 2.24) is 5.32 Å². The molecule has 2 aromatic rings. The summed E-state index contributed by atoms with van der Waals surface area (Å²) in [6.45, 7) is 3.22. The minimum atomic E-state index is -0.542. The Morgan fingerprint density at radius 2 is 2.12 bits per heavy atom. The van der Waals surface area contributed by atoms with Crippen LogP contribution in [0.1, 0.15) is 36.1 Å². The molecule has 3 rings (SSSR count). The summed E-state index contributed by atoms with van der Waals surface area (Å²) in [6.07, 6.45) is 2.58. The molecule has 2 aromatic carbocycles. The third-order valence-corrected chi connectivity index (χ3v) is 4.79. The highest BCUT2D eigenvalue weighted by atomic mass is 35.5. The minimum absolute atomic E-state index is 0.378. The van der Waals surface area contributed by atoms with Crippen molar-refractivity contribution in [1.29, 1.82) is 0 Å². The van der Waals surface area contributed by atoms with E-state index in [-0.39, 0.29) is 0 Å². The fourth-order valence-electron chi connectivity index (χ4n) is 3.27. The number of rotatable bonds is 6. The SMILES string of the molecule is CCOc1ccc2c(c1)CC(NCC(O)c1cccc(Cl)c1)CC2. The van der Waals surface area contributed by atoms with Crippen LogP contribution in [0.3, 0.4) is 0 Å². The van der Waals surface area contributed by atoms with Crippen molar-refractivity contribution in [3.05, 3.63) is 64.2 Å². The van der Waals surface area contributed by atoms with Crippen LogP contribution in [0.2, 0.25) is 5.02 Å². The molecular formula is C20H24ClNO2. The lowest BCUT2D eigenvalue weighted by Crippen LogP contribution is -2.37. The van der Waals surface area contributed by atoms with Crippen LogP contribution in [0, 0.1) is 0 Å². The Labute approximate surface area is 148 Å². The average Bonchev–Trinajstić information content (AvgIpc) is 2.59. The predicted octanol–water partition coefficient (Wildman–Crippen LogP) is 3.92. The Kier molecular flexibility index (Phi) is 5.77. The molecule has 24 heavy (non-hydrogen) atoms. The van der Waals surface area contributed by atoms with Crippen molar-refractivity contribution in [2.45, 2.75) is 38.3 Å². The van der Waals surface area contributed by atoms with Crippen LogP contribution in [-0.2, 0) is 12.8 Å². The number of benzene rings is 2. The smallest absolute Gasteiger partial charge is 0.119 e. The first-order valence-corrected chi connectivity index (χ1v) is 8.95. The van der Waals surface area contributed by atoms with Gasteiger partial charge in [-0.3, -0.25) is 0 Å². The second kappa shape index (κ2) is 8.02. The van der Waals surface area contributed by atoms with E-state index in [0.29, 0.717) is 24.2 Å². The molecule has 128 valence electrons. The quantitative estimate of drug-likeness (QED) is 0.833. The Bertz CT molecular complexity index is 689. The Hall–Kier alpha value is -1.55. The molecule has 0 saturated heterocycles. The highest BCUT2D eigenvalue weighted by Gasteiger charge is 2.20. The summed E-state index contributed by atoms with van der Waals surface area (Å²) in [4.78, 5) is 0. The van der Waals surface area contributed by atoms with E-state index in [4.69, 9.17) is 16.3 Å². The van der Waals surface area contributed by atoms with Crippen LogP contribution in [-0.4, -0.2) is 24.3 Å². The number of nitrogens with one attached hydrogen (secondary N) is 1. The lowest BCUT2D eigenvalue weighted by atomic mass is 9.88. The lowest BCUT2D eigenvalue weighted by molar-refractivity contribution is 0.168. The number of aryl methyl sites for hydroxylation is 1. The predicted molar refractivity (Wildman–Crippen MR) is 97.8 cm³/mol. The van der Waals surface area contributed by atoms with Gasteiger partial charge >= 0.3 is 0 Å². The molecule has 0 amide bonds. The topological polar surface area (TPSA) is 41.5 Å². The number of hydrogen-bond acceptors (Lipinski definition) is 3. The molecule has 2 atom stereocenters. The van der Waals surface area contributed by atoms with Crippen molar-refractivity contribution in [3.63, 3.8) is 0 Å². The van der Waals surface area contributed by atoms with E-state index in [1.54, 1.807) is 0 Å². The van der Waals surface area contributed by atoms with Crippen LogP contribution < -0.4 is 10.1 Å². The Morgan fingerprint density at radius 3 is 2.92 bits per heavy atom.